The molecular formula is C6H9BF3O-. The molecule has 64 valence electrons. The molecule has 0 saturated carbocycles. The first kappa shape index (κ1) is 8.65. The lowest BCUT2D eigenvalue weighted by atomic mass is 9.88. The molecule has 5 heteroatoms. The third-order valence-electron chi connectivity index (χ3n) is 1.53. The second-order valence-corrected chi connectivity index (χ2v) is 2.78. The summed E-state index contributed by atoms with van der Waals surface area (Å²) in [7, 11) is 0. The zero-order valence-electron chi connectivity index (χ0n) is 6.19. The molecule has 11 heavy (non-hydrogen) atoms. The summed E-state index contributed by atoms with van der Waals surface area (Å²) in [5, 5.41) is 0. The number of ether oxygens (including phenoxy) is 1. The lowest BCUT2D eigenvalue weighted by molar-refractivity contribution is 0.128. The summed E-state index contributed by atoms with van der Waals surface area (Å²) >= 11 is 0. The highest BCUT2D eigenvalue weighted by atomic mass is 19.4. The van der Waals surface area contributed by atoms with Crippen molar-refractivity contribution in [2.45, 2.75) is 19.4 Å². The van der Waals surface area contributed by atoms with Gasteiger partial charge in [0, 0.05) is 0 Å². The van der Waals surface area contributed by atoms with Crippen molar-refractivity contribution in [3.8, 4) is 0 Å². The molecule has 0 bridgehead atoms. The van der Waals surface area contributed by atoms with Crippen LogP contribution in [-0.4, -0.2) is 19.7 Å². The van der Waals surface area contributed by atoms with E-state index in [4.69, 9.17) is 4.74 Å². The van der Waals surface area contributed by atoms with E-state index in [0.29, 0.717) is 18.0 Å². The van der Waals surface area contributed by atoms with E-state index in [2.05, 4.69) is 0 Å². The third-order valence-corrected chi connectivity index (χ3v) is 1.53. The minimum Gasteiger partial charge on any atom is -0.445 e. The van der Waals surface area contributed by atoms with Crippen LogP contribution in [0.2, 0.25) is 0 Å². The van der Waals surface area contributed by atoms with E-state index >= 15 is 0 Å². The SMILES string of the molecule is CC1C/C(=C\[B-](F)(F)F)CO1. The minimum absolute atomic E-state index is 0.0561. The van der Waals surface area contributed by atoms with Crippen molar-refractivity contribution in [1.29, 1.82) is 0 Å². The van der Waals surface area contributed by atoms with Crippen LogP contribution in [0.15, 0.2) is 11.5 Å². The zero-order chi connectivity index (χ0) is 8.48. The lowest BCUT2D eigenvalue weighted by Gasteiger charge is -2.08. The molecule has 0 aromatic rings. The fourth-order valence-corrected chi connectivity index (χ4v) is 1.12. The fourth-order valence-electron chi connectivity index (χ4n) is 1.12. The van der Waals surface area contributed by atoms with Crippen molar-refractivity contribution in [1.82, 2.24) is 0 Å². The average molecular weight is 165 g/mol. The lowest BCUT2D eigenvalue weighted by Crippen LogP contribution is -2.11. The Morgan fingerprint density at radius 3 is 2.55 bits per heavy atom. The third kappa shape index (κ3) is 2.97. The molecule has 1 nitrogen and oxygen atoms in total. The van der Waals surface area contributed by atoms with Gasteiger partial charge in [-0.3, -0.25) is 0 Å². The fraction of sp³-hybridized carbons (Fsp3) is 0.667. The van der Waals surface area contributed by atoms with Crippen LogP contribution in [0.3, 0.4) is 0 Å². The molecule has 1 aliphatic rings. The molecule has 1 heterocycles. The van der Waals surface area contributed by atoms with Gasteiger partial charge < -0.3 is 17.7 Å². The van der Waals surface area contributed by atoms with Crippen molar-refractivity contribution in [2.75, 3.05) is 6.61 Å². The highest BCUT2D eigenvalue weighted by molar-refractivity contribution is 6.64. The summed E-state index contributed by atoms with van der Waals surface area (Å²) in [6, 6.07) is 0. The Kier molecular flexibility index (Phi) is 2.27. The van der Waals surface area contributed by atoms with Crippen molar-refractivity contribution < 1.29 is 17.7 Å². The van der Waals surface area contributed by atoms with Gasteiger partial charge in [0.2, 0.25) is 0 Å². The Balaban J connectivity index is 2.55. The second-order valence-electron chi connectivity index (χ2n) is 2.78. The smallest absolute Gasteiger partial charge is 0.445 e. The van der Waals surface area contributed by atoms with Crippen LogP contribution >= 0.6 is 0 Å². The van der Waals surface area contributed by atoms with E-state index in [1.165, 1.54) is 0 Å². The Hall–Kier alpha value is -0.445. The Bertz CT molecular complexity index is 175. The van der Waals surface area contributed by atoms with Crippen LogP contribution in [0.5, 0.6) is 0 Å². The van der Waals surface area contributed by atoms with Gasteiger partial charge in [0.15, 0.2) is 0 Å². The summed E-state index contributed by atoms with van der Waals surface area (Å²) in [6.07, 6.45) is 0.362. The number of hydrogen-bond acceptors (Lipinski definition) is 1. The van der Waals surface area contributed by atoms with E-state index in [9.17, 15) is 12.9 Å². The number of rotatable bonds is 1. The Labute approximate surface area is 63.3 Å². The highest BCUT2D eigenvalue weighted by Gasteiger charge is 2.23. The van der Waals surface area contributed by atoms with Crippen LogP contribution in [0.1, 0.15) is 13.3 Å². The van der Waals surface area contributed by atoms with Crippen molar-refractivity contribution in [2.24, 2.45) is 0 Å². The van der Waals surface area contributed by atoms with Crippen LogP contribution in [0.25, 0.3) is 0 Å². The van der Waals surface area contributed by atoms with Crippen molar-refractivity contribution in [3.05, 3.63) is 11.5 Å². The molecule has 1 fully saturated rings. The molecule has 0 N–H and O–H groups in total. The predicted molar refractivity (Wildman–Crippen MR) is 37.2 cm³/mol. The maximum atomic E-state index is 11.8. The van der Waals surface area contributed by atoms with Gasteiger partial charge >= 0.3 is 6.98 Å². The molecule has 0 radical (unpaired) electrons. The quantitative estimate of drug-likeness (QED) is 0.540. The summed E-state index contributed by atoms with van der Waals surface area (Å²) in [5.41, 5.74) is 0.366. The maximum absolute atomic E-state index is 11.8. The topological polar surface area (TPSA) is 9.23 Å². The van der Waals surface area contributed by atoms with E-state index in [-0.39, 0.29) is 12.7 Å². The molecule has 0 amide bonds. The van der Waals surface area contributed by atoms with E-state index in [0.717, 1.165) is 0 Å². The Morgan fingerprint density at radius 2 is 2.18 bits per heavy atom. The van der Waals surface area contributed by atoms with Crippen molar-refractivity contribution in [3.63, 3.8) is 0 Å². The number of halogens is 3. The van der Waals surface area contributed by atoms with Gasteiger partial charge in [0.1, 0.15) is 0 Å². The normalized spacial score (nSPS) is 29.8. The monoisotopic (exact) mass is 165 g/mol. The largest absolute Gasteiger partial charge is 0.502 e. The van der Waals surface area contributed by atoms with Gasteiger partial charge in [0.25, 0.3) is 0 Å². The second kappa shape index (κ2) is 2.89. The molecule has 1 aliphatic heterocycles. The molecular weight excluding hydrogens is 156 g/mol. The average Bonchev–Trinajstić information content (AvgIpc) is 2.10. The van der Waals surface area contributed by atoms with Crippen LogP contribution in [0, 0.1) is 0 Å². The molecule has 1 atom stereocenters. The van der Waals surface area contributed by atoms with E-state index in [1.54, 1.807) is 6.92 Å². The number of hydrogen-bond donors (Lipinski definition) is 0. The molecule has 1 unspecified atom stereocenters. The van der Waals surface area contributed by atoms with Crippen LogP contribution in [0.4, 0.5) is 12.9 Å². The summed E-state index contributed by atoms with van der Waals surface area (Å²) < 4.78 is 40.2. The molecule has 0 aromatic carbocycles. The first-order valence-electron chi connectivity index (χ1n) is 3.49. The molecule has 1 rings (SSSR count). The van der Waals surface area contributed by atoms with Crippen molar-refractivity contribution >= 4 is 6.98 Å². The zero-order valence-corrected chi connectivity index (χ0v) is 6.19. The van der Waals surface area contributed by atoms with Gasteiger partial charge in [0.05, 0.1) is 12.7 Å². The molecule has 0 spiro atoms. The standard InChI is InChI=1S/C6H9BF3O/c1-5-2-6(4-11-5)3-7(8,9)10/h3,5H,2,4H2,1H3/q-1/b6-3+. The Morgan fingerprint density at radius 1 is 1.55 bits per heavy atom. The molecule has 0 aromatic heterocycles. The predicted octanol–water partition coefficient (Wildman–Crippen LogP) is 2.11. The van der Waals surface area contributed by atoms with Crippen LogP contribution in [-0.2, 0) is 4.74 Å². The van der Waals surface area contributed by atoms with Gasteiger partial charge in [-0.05, 0) is 13.3 Å². The van der Waals surface area contributed by atoms with Gasteiger partial charge in [-0.15, -0.1) is 5.98 Å². The molecule has 0 aliphatic carbocycles. The van der Waals surface area contributed by atoms with Crippen LogP contribution < -0.4 is 0 Å². The first-order valence-corrected chi connectivity index (χ1v) is 3.49. The maximum Gasteiger partial charge on any atom is 0.502 e. The highest BCUT2D eigenvalue weighted by Crippen LogP contribution is 2.22. The van der Waals surface area contributed by atoms with E-state index in [1.807, 2.05) is 0 Å². The van der Waals surface area contributed by atoms with Gasteiger partial charge in [-0.1, -0.05) is 5.57 Å². The first-order chi connectivity index (χ1) is 4.97. The van der Waals surface area contributed by atoms with Gasteiger partial charge in [-0.25, -0.2) is 0 Å². The summed E-state index contributed by atoms with van der Waals surface area (Å²) in [6.45, 7) is -2.87. The van der Waals surface area contributed by atoms with E-state index < -0.39 is 6.98 Å². The minimum atomic E-state index is -4.78. The summed E-state index contributed by atoms with van der Waals surface area (Å²) in [4.78, 5) is 0. The molecule has 1 saturated heterocycles. The van der Waals surface area contributed by atoms with Gasteiger partial charge in [-0.2, -0.15) is 0 Å². The summed E-state index contributed by atoms with van der Waals surface area (Å²) in [5.74, 6) is 0.392.